The van der Waals surface area contributed by atoms with Gasteiger partial charge in [-0.15, -0.1) is 0 Å². The minimum absolute atomic E-state index is 0.811. The molecule has 0 bridgehead atoms. The zero-order valence-electron chi connectivity index (χ0n) is 10.8. The van der Waals surface area contributed by atoms with E-state index in [1.807, 2.05) is 54.6 Å². The van der Waals surface area contributed by atoms with E-state index in [-0.39, 0.29) is 0 Å². The van der Waals surface area contributed by atoms with Gasteiger partial charge >= 0.3 is 0 Å². The number of hydrogen-bond acceptors (Lipinski definition) is 2. The van der Waals surface area contributed by atoms with E-state index < -0.39 is 0 Å². The van der Waals surface area contributed by atoms with Crippen LogP contribution in [0.15, 0.2) is 61.2 Å². The number of ether oxygens (including phenoxy) is 2. The van der Waals surface area contributed by atoms with Crippen LogP contribution in [0.2, 0.25) is 0 Å². The van der Waals surface area contributed by atoms with Crippen LogP contribution in [0.4, 0.5) is 0 Å². The molecule has 0 unspecified atom stereocenters. The van der Waals surface area contributed by atoms with Crippen LogP contribution in [-0.2, 0) is 0 Å². The van der Waals surface area contributed by atoms with E-state index in [2.05, 4.69) is 6.58 Å². The fourth-order valence-corrected chi connectivity index (χ4v) is 1.38. The lowest BCUT2D eigenvalue weighted by molar-refractivity contribution is 0.402. The Bertz CT molecular complexity index is 437. The lowest BCUT2D eigenvalue weighted by Crippen LogP contribution is -1.88. The first-order valence-corrected chi connectivity index (χ1v) is 5.66. The molecule has 0 amide bonds. The smallest absolute Gasteiger partial charge is 0.126 e. The first kappa shape index (κ1) is 13.8. The molecule has 0 atom stereocenters. The van der Waals surface area contributed by atoms with E-state index in [0.717, 1.165) is 17.1 Å². The van der Waals surface area contributed by atoms with Crippen LogP contribution in [0, 0.1) is 0 Å². The van der Waals surface area contributed by atoms with Crippen LogP contribution in [0.1, 0.15) is 5.56 Å². The molecular formula is C16H18O2. The van der Waals surface area contributed by atoms with Gasteiger partial charge in [-0.3, -0.25) is 0 Å². The predicted octanol–water partition coefficient (Wildman–Crippen LogP) is 4.03. The van der Waals surface area contributed by atoms with Crippen LogP contribution in [-0.4, -0.2) is 14.2 Å². The standard InChI is InChI=1S/C10H12O2.C6H6/c1-4-8-7-9(11-2)5-6-10(8)12-3;1-2-4-6-5-3-1/h4-7H,1H2,2-3H3;1-6H. The molecule has 0 aliphatic heterocycles. The average Bonchev–Trinajstić information content (AvgIpc) is 2.48. The van der Waals surface area contributed by atoms with Crippen molar-refractivity contribution in [1.29, 1.82) is 0 Å². The summed E-state index contributed by atoms with van der Waals surface area (Å²) in [4.78, 5) is 0. The highest BCUT2D eigenvalue weighted by atomic mass is 16.5. The summed E-state index contributed by atoms with van der Waals surface area (Å²) < 4.78 is 10.2. The summed E-state index contributed by atoms with van der Waals surface area (Å²) in [6.45, 7) is 3.68. The lowest BCUT2D eigenvalue weighted by Gasteiger charge is -2.06. The molecule has 0 aliphatic carbocycles. The van der Waals surface area contributed by atoms with Crippen molar-refractivity contribution in [2.45, 2.75) is 0 Å². The number of methoxy groups -OCH3 is 2. The third kappa shape index (κ3) is 4.34. The third-order valence-corrected chi connectivity index (χ3v) is 2.32. The lowest BCUT2D eigenvalue weighted by atomic mass is 10.2. The van der Waals surface area contributed by atoms with Gasteiger partial charge in [0.25, 0.3) is 0 Å². The Balaban J connectivity index is 0.000000225. The first-order chi connectivity index (χ1) is 8.81. The Labute approximate surface area is 108 Å². The molecule has 0 saturated heterocycles. The van der Waals surface area contributed by atoms with Gasteiger partial charge in [0, 0.05) is 5.56 Å². The molecule has 0 aliphatic rings. The molecule has 0 fully saturated rings. The van der Waals surface area contributed by atoms with Crippen molar-refractivity contribution in [2.24, 2.45) is 0 Å². The predicted molar refractivity (Wildman–Crippen MR) is 76.1 cm³/mol. The molecule has 18 heavy (non-hydrogen) atoms. The summed E-state index contributed by atoms with van der Waals surface area (Å²) in [5, 5.41) is 0. The Hall–Kier alpha value is -2.22. The topological polar surface area (TPSA) is 18.5 Å². The second-order valence-corrected chi connectivity index (χ2v) is 3.47. The van der Waals surface area contributed by atoms with Gasteiger partial charge in [0.05, 0.1) is 14.2 Å². The van der Waals surface area contributed by atoms with Crippen LogP contribution in [0.5, 0.6) is 11.5 Å². The van der Waals surface area contributed by atoms with Crippen molar-refractivity contribution < 1.29 is 9.47 Å². The number of benzene rings is 2. The van der Waals surface area contributed by atoms with Crippen molar-refractivity contribution >= 4 is 6.08 Å². The fraction of sp³-hybridized carbons (Fsp3) is 0.125. The number of rotatable bonds is 3. The molecule has 94 valence electrons. The van der Waals surface area contributed by atoms with Crippen LogP contribution in [0.3, 0.4) is 0 Å². The summed E-state index contributed by atoms with van der Waals surface area (Å²) in [5.41, 5.74) is 0.942. The van der Waals surface area contributed by atoms with Crippen LogP contribution < -0.4 is 9.47 Å². The molecule has 0 heterocycles. The van der Waals surface area contributed by atoms with Crippen molar-refractivity contribution in [2.75, 3.05) is 14.2 Å². The highest BCUT2D eigenvalue weighted by Gasteiger charge is 1.99. The Morgan fingerprint density at radius 1 is 0.889 bits per heavy atom. The summed E-state index contributed by atoms with van der Waals surface area (Å²) in [5.74, 6) is 1.62. The summed E-state index contributed by atoms with van der Waals surface area (Å²) in [6, 6.07) is 17.6. The monoisotopic (exact) mass is 242 g/mol. The van der Waals surface area contributed by atoms with E-state index in [4.69, 9.17) is 9.47 Å². The number of hydrogen-bond donors (Lipinski definition) is 0. The summed E-state index contributed by atoms with van der Waals surface area (Å²) in [6.07, 6.45) is 1.74. The molecule has 0 aromatic heterocycles. The van der Waals surface area contributed by atoms with Crippen molar-refractivity contribution in [1.82, 2.24) is 0 Å². The zero-order chi connectivity index (χ0) is 13.2. The average molecular weight is 242 g/mol. The van der Waals surface area contributed by atoms with E-state index in [1.54, 1.807) is 20.3 Å². The molecule has 0 spiro atoms. The minimum atomic E-state index is 0.811. The van der Waals surface area contributed by atoms with Crippen molar-refractivity contribution in [3.05, 3.63) is 66.7 Å². The molecule has 2 aromatic rings. The first-order valence-electron chi connectivity index (χ1n) is 5.66. The second-order valence-electron chi connectivity index (χ2n) is 3.47. The van der Waals surface area contributed by atoms with Crippen molar-refractivity contribution in [3.63, 3.8) is 0 Å². The van der Waals surface area contributed by atoms with Gasteiger partial charge in [-0.2, -0.15) is 0 Å². The van der Waals surface area contributed by atoms with E-state index in [1.165, 1.54) is 0 Å². The van der Waals surface area contributed by atoms with Gasteiger partial charge in [-0.25, -0.2) is 0 Å². The molecule has 0 saturated carbocycles. The van der Waals surface area contributed by atoms with Gasteiger partial charge in [-0.1, -0.05) is 49.1 Å². The van der Waals surface area contributed by atoms with Crippen LogP contribution in [0.25, 0.3) is 6.08 Å². The summed E-state index contributed by atoms with van der Waals surface area (Å²) >= 11 is 0. The molecule has 2 rings (SSSR count). The molecule has 2 heteroatoms. The van der Waals surface area contributed by atoms with Gasteiger partial charge < -0.3 is 9.47 Å². The quantitative estimate of drug-likeness (QED) is 0.809. The molecule has 0 radical (unpaired) electrons. The summed E-state index contributed by atoms with van der Waals surface area (Å²) in [7, 11) is 3.27. The largest absolute Gasteiger partial charge is 0.497 e. The Morgan fingerprint density at radius 2 is 1.44 bits per heavy atom. The highest BCUT2D eigenvalue weighted by molar-refractivity contribution is 5.58. The molecular weight excluding hydrogens is 224 g/mol. The SMILES string of the molecule is C=Cc1cc(OC)ccc1OC.c1ccccc1. The van der Waals surface area contributed by atoms with E-state index >= 15 is 0 Å². The van der Waals surface area contributed by atoms with Gasteiger partial charge in [0.2, 0.25) is 0 Å². The normalized spacial score (nSPS) is 8.78. The van der Waals surface area contributed by atoms with Gasteiger partial charge in [-0.05, 0) is 18.2 Å². The third-order valence-electron chi connectivity index (χ3n) is 2.32. The van der Waals surface area contributed by atoms with Crippen molar-refractivity contribution in [3.8, 4) is 11.5 Å². The maximum atomic E-state index is 5.11. The fourth-order valence-electron chi connectivity index (χ4n) is 1.38. The van der Waals surface area contributed by atoms with Gasteiger partial charge in [0.15, 0.2) is 0 Å². The van der Waals surface area contributed by atoms with Crippen LogP contribution >= 0.6 is 0 Å². The zero-order valence-corrected chi connectivity index (χ0v) is 10.8. The van der Waals surface area contributed by atoms with E-state index in [0.29, 0.717) is 0 Å². The molecule has 2 aromatic carbocycles. The molecule has 0 N–H and O–H groups in total. The minimum Gasteiger partial charge on any atom is -0.497 e. The van der Waals surface area contributed by atoms with Gasteiger partial charge in [0.1, 0.15) is 11.5 Å². The Kier molecular flexibility index (Phi) is 6.12. The Morgan fingerprint density at radius 3 is 1.83 bits per heavy atom. The second kappa shape index (κ2) is 7.96. The highest BCUT2D eigenvalue weighted by Crippen LogP contribution is 2.24. The maximum Gasteiger partial charge on any atom is 0.126 e. The molecule has 2 nitrogen and oxygen atoms in total. The van der Waals surface area contributed by atoms with E-state index in [9.17, 15) is 0 Å². The maximum absolute atomic E-state index is 5.11.